The average Bonchev–Trinajstić information content (AvgIpc) is 3.41. The highest BCUT2D eigenvalue weighted by molar-refractivity contribution is 5.70. The maximum absolute atomic E-state index is 12.3. The number of hydrogen-bond donors (Lipinski definition) is 1. The molecule has 0 aliphatic heterocycles. The molecule has 0 aromatic heterocycles. The molecule has 0 saturated carbocycles. The quantitative estimate of drug-likeness (QED) is 0.0373. The molecule has 0 bridgehead atoms. The van der Waals surface area contributed by atoms with Gasteiger partial charge in [0, 0.05) is 12.8 Å². The lowest BCUT2D eigenvalue weighted by Gasteiger charge is -2.15. The van der Waals surface area contributed by atoms with Crippen molar-refractivity contribution < 1.29 is 24.2 Å². The van der Waals surface area contributed by atoms with Gasteiger partial charge in [0.2, 0.25) is 0 Å². The van der Waals surface area contributed by atoms with Crippen LogP contribution in [0.5, 0.6) is 0 Å². The lowest BCUT2D eigenvalue weighted by atomic mass is 10.0. The number of esters is 2. The van der Waals surface area contributed by atoms with E-state index in [1.165, 1.54) is 302 Å². The highest BCUT2D eigenvalue weighted by Gasteiger charge is 2.16. The van der Waals surface area contributed by atoms with Gasteiger partial charge in [0.15, 0.2) is 6.10 Å². The summed E-state index contributed by atoms with van der Waals surface area (Å²) < 4.78 is 10.7. The first-order valence-corrected chi connectivity index (χ1v) is 34.0. The van der Waals surface area contributed by atoms with Gasteiger partial charge in [0.25, 0.3) is 0 Å². The summed E-state index contributed by atoms with van der Waals surface area (Å²) in [6.07, 6.45) is 87.6. The van der Waals surface area contributed by atoms with Crippen molar-refractivity contribution in [1.29, 1.82) is 0 Å². The first-order chi connectivity index (χ1) is 37.1. The molecule has 0 rings (SSSR count). The van der Waals surface area contributed by atoms with E-state index >= 15 is 0 Å². The summed E-state index contributed by atoms with van der Waals surface area (Å²) in [6, 6.07) is 0. The minimum Gasteiger partial charge on any atom is -0.462 e. The molecule has 0 spiro atoms. The first kappa shape index (κ1) is 73.1. The average molecular weight is 1050 g/mol. The van der Waals surface area contributed by atoms with Crippen LogP contribution in [0.25, 0.3) is 0 Å². The number of unbranched alkanes of at least 4 members (excludes halogenated alkanes) is 50. The summed E-state index contributed by atoms with van der Waals surface area (Å²) in [5.74, 6) is -0.580. The van der Waals surface area contributed by atoms with Crippen LogP contribution in [-0.4, -0.2) is 36.4 Å². The number of ether oxygens (including phenoxy) is 2. The summed E-state index contributed by atoms with van der Waals surface area (Å²) in [5.41, 5.74) is 0. The van der Waals surface area contributed by atoms with E-state index in [2.05, 4.69) is 50.3 Å². The first-order valence-electron chi connectivity index (χ1n) is 34.0. The second-order valence-corrected chi connectivity index (χ2v) is 23.3. The predicted octanol–water partition coefficient (Wildman–Crippen LogP) is 23.4. The van der Waals surface area contributed by atoms with Gasteiger partial charge >= 0.3 is 11.9 Å². The van der Waals surface area contributed by atoms with Crippen LogP contribution >= 0.6 is 0 Å². The molecule has 1 atom stereocenters. The fourth-order valence-electron chi connectivity index (χ4n) is 10.6. The fourth-order valence-corrected chi connectivity index (χ4v) is 10.6. The lowest BCUT2D eigenvalue weighted by molar-refractivity contribution is -0.161. The standard InChI is InChI=1S/C70H132O5/c1-3-5-7-9-11-13-15-17-19-21-23-25-27-28-29-30-31-32-33-34-35-36-37-38-39-40-41-43-44-46-48-50-52-54-56-58-60-62-64-69(72)74-67-68(66-71)75-70(73)65-63-61-59-57-55-53-51-49-47-45-42-26-24-22-20-18-16-14-12-10-8-6-4-2/h16,18,22,24,42,45,68,71H,3-15,17,19-21,23,25-41,43-44,46-67H2,1-2H3/b18-16-,24-22-,45-42-. The van der Waals surface area contributed by atoms with Crippen LogP contribution in [0.15, 0.2) is 36.5 Å². The van der Waals surface area contributed by atoms with Gasteiger partial charge in [-0.2, -0.15) is 0 Å². The van der Waals surface area contributed by atoms with Gasteiger partial charge in [0.1, 0.15) is 6.61 Å². The number of aliphatic hydroxyl groups is 1. The normalized spacial score (nSPS) is 12.3. The smallest absolute Gasteiger partial charge is 0.306 e. The molecule has 0 radical (unpaired) electrons. The Kier molecular flexibility index (Phi) is 64.7. The van der Waals surface area contributed by atoms with Crippen molar-refractivity contribution in [3.05, 3.63) is 36.5 Å². The second kappa shape index (κ2) is 66.4. The van der Waals surface area contributed by atoms with Gasteiger partial charge in [-0.05, 0) is 51.4 Å². The van der Waals surface area contributed by atoms with Crippen molar-refractivity contribution in [3.63, 3.8) is 0 Å². The Labute approximate surface area is 469 Å². The van der Waals surface area contributed by atoms with Crippen molar-refractivity contribution in [1.82, 2.24) is 0 Å². The number of aliphatic hydroxyl groups excluding tert-OH is 1. The number of allylic oxidation sites excluding steroid dienone is 6. The minimum atomic E-state index is -0.776. The molecule has 0 aromatic rings. The summed E-state index contributed by atoms with van der Waals surface area (Å²) in [6.45, 7) is 4.18. The van der Waals surface area contributed by atoms with Crippen LogP contribution in [0.2, 0.25) is 0 Å². The van der Waals surface area contributed by atoms with Crippen molar-refractivity contribution >= 4 is 11.9 Å². The molecular formula is C70H132O5. The fraction of sp³-hybridized carbons (Fsp3) is 0.886. The van der Waals surface area contributed by atoms with Gasteiger partial charge in [0.05, 0.1) is 6.61 Å². The van der Waals surface area contributed by atoms with Crippen molar-refractivity contribution in [3.8, 4) is 0 Å². The van der Waals surface area contributed by atoms with E-state index in [9.17, 15) is 14.7 Å². The monoisotopic (exact) mass is 1050 g/mol. The Hall–Kier alpha value is -1.88. The molecule has 5 heteroatoms. The number of rotatable bonds is 64. The summed E-state index contributed by atoms with van der Waals surface area (Å²) >= 11 is 0. The molecule has 0 saturated heterocycles. The van der Waals surface area contributed by atoms with E-state index in [4.69, 9.17) is 9.47 Å². The maximum Gasteiger partial charge on any atom is 0.306 e. The Morgan fingerprint density at radius 1 is 0.307 bits per heavy atom. The van der Waals surface area contributed by atoms with Crippen LogP contribution in [0.4, 0.5) is 0 Å². The highest BCUT2D eigenvalue weighted by atomic mass is 16.6. The molecular weight excluding hydrogens is 921 g/mol. The van der Waals surface area contributed by atoms with E-state index in [-0.39, 0.29) is 25.2 Å². The lowest BCUT2D eigenvalue weighted by Crippen LogP contribution is -2.28. The predicted molar refractivity (Wildman–Crippen MR) is 330 cm³/mol. The van der Waals surface area contributed by atoms with Gasteiger partial charge in [-0.1, -0.05) is 352 Å². The third-order valence-corrected chi connectivity index (χ3v) is 15.7. The number of carbonyl (C=O) groups is 2. The number of hydrogen-bond acceptors (Lipinski definition) is 5. The Morgan fingerprint density at radius 3 is 0.800 bits per heavy atom. The Morgan fingerprint density at radius 2 is 0.533 bits per heavy atom. The van der Waals surface area contributed by atoms with Gasteiger partial charge in [-0.15, -0.1) is 0 Å². The molecule has 0 aliphatic rings. The number of carbonyl (C=O) groups excluding carboxylic acids is 2. The van der Waals surface area contributed by atoms with Gasteiger partial charge in [-0.3, -0.25) is 9.59 Å². The van der Waals surface area contributed by atoms with E-state index in [0.717, 1.165) is 51.4 Å². The highest BCUT2D eigenvalue weighted by Crippen LogP contribution is 2.19. The van der Waals surface area contributed by atoms with Gasteiger partial charge in [-0.25, -0.2) is 0 Å². The van der Waals surface area contributed by atoms with E-state index in [1.807, 2.05) is 0 Å². The zero-order valence-electron chi connectivity index (χ0n) is 50.8. The third-order valence-electron chi connectivity index (χ3n) is 15.7. The van der Waals surface area contributed by atoms with Crippen LogP contribution in [0, 0.1) is 0 Å². The maximum atomic E-state index is 12.3. The molecule has 0 heterocycles. The summed E-state index contributed by atoms with van der Waals surface area (Å²) in [4.78, 5) is 24.6. The molecule has 0 aromatic carbocycles. The van der Waals surface area contributed by atoms with Crippen molar-refractivity contribution in [2.45, 2.75) is 386 Å². The van der Waals surface area contributed by atoms with E-state index in [1.54, 1.807) is 0 Å². The molecule has 0 amide bonds. The molecule has 0 fully saturated rings. The Balaban J connectivity index is 3.38. The van der Waals surface area contributed by atoms with Gasteiger partial charge < -0.3 is 14.6 Å². The van der Waals surface area contributed by atoms with Crippen LogP contribution < -0.4 is 0 Å². The molecule has 75 heavy (non-hydrogen) atoms. The van der Waals surface area contributed by atoms with Crippen LogP contribution in [0.1, 0.15) is 380 Å². The SMILES string of the molecule is CCCCCCC/C=C\C/C=C\C/C=C\CCCCCCCCCCC(=O)OC(CO)COC(=O)CCCCCCCCCCCCCCCCCCCCCCCCCCCCCCCCCCCCCCCC. The molecule has 0 aliphatic carbocycles. The van der Waals surface area contributed by atoms with E-state index in [0.29, 0.717) is 12.8 Å². The minimum absolute atomic E-state index is 0.0646. The van der Waals surface area contributed by atoms with E-state index < -0.39 is 6.10 Å². The molecule has 1 unspecified atom stereocenters. The zero-order chi connectivity index (χ0) is 54.1. The Bertz CT molecular complexity index is 1190. The summed E-state index contributed by atoms with van der Waals surface area (Å²) in [7, 11) is 0. The van der Waals surface area contributed by atoms with Crippen LogP contribution in [0.3, 0.4) is 0 Å². The second-order valence-electron chi connectivity index (χ2n) is 23.3. The third kappa shape index (κ3) is 64.5. The van der Waals surface area contributed by atoms with Crippen molar-refractivity contribution in [2.24, 2.45) is 0 Å². The summed E-state index contributed by atoms with van der Waals surface area (Å²) in [5, 5.41) is 9.68. The van der Waals surface area contributed by atoms with Crippen molar-refractivity contribution in [2.75, 3.05) is 13.2 Å². The largest absolute Gasteiger partial charge is 0.462 e. The zero-order valence-corrected chi connectivity index (χ0v) is 50.8. The topological polar surface area (TPSA) is 72.8 Å². The molecule has 442 valence electrons. The molecule has 5 nitrogen and oxygen atoms in total. The van der Waals surface area contributed by atoms with Crippen LogP contribution in [-0.2, 0) is 19.1 Å². The molecule has 1 N–H and O–H groups in total.